The van der Waals surface area contributed by atoms with Gasteiger partial charge in [-0.2, -0.15) is 0 Å². The van der Waals surface area contributed by atoms with Crippen LogP contribution in [0.4, 0.5) is 0 Å². The first-order valence-corrected chi connectivity index (χ1v) is 4.77. The van der Waals surface area contributed by atoms with Crippen LogP contribution in [0.15, 0.2) is 21.2 Å². The largest absolute Gasteiger partial charge is 0.477 e. The zero-order chi connectivity index (χ0) is 8.27. The summed E-state index contributed by atoms with van der Waals surface area (Å²) in [5, 5.41) is 0. The number of rotatable bonds is 2. The molecule has 11 heavy (non-hydrogen) atoms. The molecule has 0 amide bonds. The molecule has 1 aromatic rings. The average molecular weight is 281 g/mol. The number of pyridine rings is 1. The molecule has 1 rings (SSSR count). The van der Waals surface area contributed by atoms with Gasteiger partial charge in [0.25, 0.3) is 0 Å². The van der Waals surface area contributed by atoms with Crippen molar-refractivity contribution in [2.45, 2.75) is 6.92 Å². The molecule has 4 heteroatoms. The predicted octanol–water partition coefficient (Wildman–Crippen LogP) is 3.01. The third-order valence-electron chi connectivity index (χ3n) is 1.06. The summed E-state index contributed by atoms with van der Waals surface area (Å²) in [6, 6.07) is 3.74. The first kappa shape index (κ1) is 9.00. The minimum atomic E-state index is 0.627. The summed E-state index contributed by atoms with van der Waals surface area (Å²) in [5.41, 5.74) is 0. The summed E-state index contributed by atoms with van der Waals surface area (Å²) in [5.74, 6) is 0.627. The molecule has 0 spiro atoms. The van der Waals surface area contributed by atoms with Crippen LogP contribution in [-0.4, -0.2) is 11.6 Å². The second-order valence-corrected chi connectivity index (χ2v) is 3.52. The molecule has 0 saturated carbocycles. The Morgan fingerprint density at radius 2 is 2.18 bits per heavy atom. The van der Waals surface area contributed by atoms with Crippen molar-refractivity contribution >= 4 is 31.9 Å². The Kier molecular flexibility index (Phi) is 3.33. The first-order valence-electron chi connectivity index (χ1n) is 3.19. The Morgan fingerprint density at radius 1 is 1.45 bits per heavy atom. The standard InChI is InChI=1S/C7H7Br2NO/c1-2-11-7-5(8)3-4-6(9)10-7/h3-4H,2H2,1H3. The van der Waals surface area contributed by atoms with Crippen molar-refractivity contribution in [3.05, 3.63) is 21.2 Å². The summed E-state index contributed by atoms with van der Waals surface area (Å²) in [7, 11) is 0. The molecular weight excluding hydrogens is 274 g/mol. The molecule has 0 unspecified atom stereocenters. The van der Waals surface area contributed by atoms with Gasteiger partial charge in [0, 0.05) is 0 Å². The van der Waals surface area contributed by atoms with E-state index in [4.69, 9.17) is 4.74 Å². The molecule has 0 fully saturated rings. The van der Waals surface area contributed by atoms with Gasteiger partial charge in [-0.3, -0.25) is 0 Å². The second kappa shape index (κ2) is 4.07. The first-order chi connectivity index (χ1) is 5.24. The van der Waals surface area contributed by atoms with Crippen LogP contribution in [0.3, 0.4) is 0 Å². The zero-order valence-corrected chi connectivity index (χ0v) is 9.15. The summed E-state index contributed by atoms with van der Waals surface area (Å²) < 4.78 is 6.89. The Hall–Kier alpha value is -0.0900. The van der Waals surface area contributed by atoms with Gasteiger partial charge in [-0.15, -0.1) is 0 Å². The second-order valence-electron chi connectivity index (χ2n) is 1.85. The van der Waals surface area contributed by atoms with Crippen LogP contribution in [0.25, 0.3) is 0 Å². The van der Waals surface area contributed by atoms with Gasteiger partial charge in [0.1, 0.15) is 4.60 Å². The van der Waals surface area contributed by atoms with Gasteiger partial charge in [-0.25, -0.2) is 4.98 Å². The third-order valence-corrected chi connectivity index (χ3v) is 2.11. The molecule has 0 aliphatic carbocycles. The van der Waals surface area contributed by atoms with Crippen LogP contribution >= 0.6 is 31.9 Å². The maximum absolute atomic E-state index is 5.23. The van der Waals surface area contributed by atoms with E-state index in [9.17, 15) is 0 Å². The van der Waals surface area contributed by atoms with Crippen molar-refractivity contribution in [2.24, 2.45) is 0 Å². The van der Waals surface area contributed by atoms with Gasteiger partial charge in [0.05, 0.1) is 11.1 Å². The maximum atomic E-state index is 5.23. The lowest BCUT2D eigenvalue weighted by Crippen LogP contribution is -1.95. The van der Waals surface area contributed by atoms with Gasteiger partial charge in [0.2, 0.25) is 5.88 Å². The van der Waals surface area contributed by atoms with E-state index < -0.39 is 0 Å². The summed E-state index contributed by atoms with van der Waals surface area (Å²) in [6.45, 7) is 2.55. The number of aromatic nitrogens is 1. The van der Waals surface area contributed by atoms with E-state index in [1.54, 1.807) is 0 Å². The van der Waals surface area contributed by atoms with Gasteiger partial charge in [-0.1, -0.05) is 0 Å². The Morgan fingerprint density at radius 3 is 2.82 bits per heavy atom. The van der Waals surface area contributed by atoms with E-state index in [0.717, 1.165) is 9.08 Å². The zero-order valence-electron chi connectivity index (χ0n) is 5.97. The van der Waals surface area contributed by atoms with E-state index >= 15 is 0 Å². The third kappa shape index (κ3) is 2.45. The molecule has 0 N–H and O–H groups in total. The smallest absolute Gasteiger partial charge is 0.229 e. The minimum Gasteiger partial charge on any atom is -0.477 e. The molecule has 0 radical (unpaired) electrons. The summed E-state index contributed by atoms with van der Waals surface area (Å²) >= 11 is 6.58. The molecule has 1 heterocycles. The molecule has 0 aromatic carbocycles. The molecule has 0 saturated heterocycles. The van der Waals surface area contributed by atoms with Crippen LogP contribution in [0.2, 0.25) is 0 Å². The van der Waals surface area contributed by atoms with Gasteiger partial charge in [-0.05, 0) is 50.9 Å². The lowest BCUT2D eigenvalue weighted by molar-refractivity contribution is 0.324. The molecule has 0 aliphatic rings. The number of halogens is 2. The highest BCUT2D eigenvalue weighted by Crippen LogP contribution is 2.24. The molecule has 1 aromatic heterocycles. The fraction of sp³-hybridized carbons (Fsp3) is 0.286. The van der Waals surface area contributed by atoms with Crippen LogP contribution in [-0.2, 0) is 0 Å². The molecule has 0 bridgehead atoms. The van der Waals surface area contributed by atoms with Gasteiger partial charge >= 0.3 is 0 Å². The van der Waals surface area contributed by atoms with Crippen molar-refractivity contribution in [3.8, 4) is 5.88 Å². The molecule has 2 nitrogen and oxygen atoms in total. The monoisotopic (exact) mass is 279 g/mol. The van der Waals surface area contributed by atoms with Gasteiger partial charge in [0.15, 0.2) is 0 Å². The van der Waals surface area contributed by atoms with Crippen LogP contribution in [0.1, 0.15) is 6.92 Å². The van der Waals surface area contributed by atoms with E-state index in [2.05, 4.69) is 36.8 Å². The highest BCUT2D eigenvalue weighted by Gasteiger charge is 2.01. The van der Waals surface area contributed by atoms with Crippen molar-refractivity contribution < 1.29 is 4.74 Å². The Bertz CT molecular complexity index is 252. The predicted molar refractivity (Wildman–Crippen MR) is 50.8 cm³/mol. The number of ether oxygens (including phenoxy) is 1. The minimum absolute atomic E-state index is 0.627. The Balaban J connectivity index is 2.93. The lowest BCUT2D eigenvalue weighted by Gasteiger charge is -2.03. The fourth-order valence-corrected chi connectivity index (χ4v) is 1.27. The summed E-state index contributed by atoms with van der Waals surface area (Å²) in [6.07, 6.45) is 0. The molecule has 60 valence electrons. The van der Waals surface area contributed by atoms with Crippen LogP contribution < -0.4 is 4.74 Å². The fourth-order valence-electron chi connectivity index (χ4n) is 0.639. The lowest BCUT2D eigenvalue weighted by atomic mass is 10.5. The number of nitrogens with zero attached hydrogens (tertiary/aromatic N) is 1. The van der Waals surface area contributed by atoms with Crippen LogP contribution in [0, 0.1) is 0 Å². The normalized spacial score (nSPS) is 9.73. The highest BCUT2D eigenvalue weighted by molar-refractivity contribution is 9.11. The van der Waals surface area contributed by atoms with E-state index in [0.29, 0.717) is 12.5 Å². The van der Waals surface area contributed by atoms with E-state index in [-0.39, 0.29) is 0 Å². The average Bonchev–Trinajstić information content (AvgIpc) is 1.98. The van der Waals surface area contributed by atoms with Crippen LogP contribution in [0.5, 0.6) is 5.88 Å². The topological polar surface area (TPSA) is 22.1 Å². The van der Waals surface area contributed by atoms with Crippen molar-refractivity contribution in [1.29, 1.82) is 0 Å². The quantitative estimate of drug-likeness (QED) is 0.777. The van der Waals surface area contributed by atoms with Crippen molar-refractivity contribution in [3.63, 3.8) is 0 Å². The summed E-state index contributed by atoms with van der Waals surface area (Å²) in [4.78, 5) is 4.11. The maximum Gasteiger partial charge on any atom is 0.229 e. The van der Waals surface area contributed by atoms with Gasteiger partial charge < -0.3 is 4.74 Å². The van der Waals surface area contributed by atoms with Crippen molar-refractivity contribution in [1.82, 2.24) is 4.98 Å². The number of hydrogen-bond donors (Lipinski definition) is 0. The number of hydrogen-bond acceptors (Lipinski definition) is 2. The highest BCUT2D eigenvalue weighted by atomic mass is 79.9. The molecule has 0 atom stereocenters. The van der Waals surface area contributed by atoms with E-state index in [1.165, 1.54) is 0 Å². The Labute approximate surface area is 82.2 Å². The van der Waals surface area contributed by atoms with E-state index in [1.807, 2.05) is 19.1 Å². The molecule has 0 aliphatic heterocycles. The SMILES string of the molecule is CCOc1nc(Br)ccc1Br. The molecular formula is C7H7Br2NO. The van der Waals surface area contributed by atoms with Crippen molar-refractivity contribution in [2.75, 3.05) is 6.61 Å².